The van der Waals surface area contributed by atoms with Crippen LogP contribution in [0.2, 0.25) is 5.02 Å². The van der Waals surface area contributed by atoms with Crippen molar-refractivity contribution in [1.29, 1.82) is 0 Å². The van der Waals surface area contributed by atoms with Crippen LogP contribution in [0.1, 0.15) is 11.1 Å². The first-order chi connectivity index (χ1) is 20.7. The molecule has 0 saturated heterocycles. The summed E-state index contributed by atoms with van der Waals surface area (Å²) in [5.41, 5.74) is 1.15. The third kappa shape index (κ3) is 9.01. The summed E-state index contributed by atoms with van der Waals surface area (Å²) in [6.07, 6.45) is -0.160. The summed E-state index contributed by atoms with van der Waals surface area (Å²) in [6, 6.07) is 17.5. The minimum absolute atomic E-state index is 0.0314. The molecule has 0 radical (unpaired) electrons. The number of urea groups is 1. The van der Waals surface area contributed by atoms with Crippen molar-refractivity contribution in [2.45, 2.75) is 19.2 Å². The number of alkyl carbamates (subject to hydrolysis) is 1. The van der Waals surface area contributed by atoms with Gasteiger partial charge >= 0.3 is 18.2 Å². The number of nitrogens with zero attached hydrogens (tertiary/aromatic N) is 2. The predicted octanol–water partition coefficient (Wildman–Crippen LogP) is 5.85. The van der Waals surface area contributed by atoms with E-state index in [0.717, 1.165) is 5.56 Å². The van der Waals surface area contributed by atoms with Crippen LogP contribution in [0.25, 0.3) is 10.8 Å². The number of fused-ring (bicyclic) bond motifs is 1. The maximum atomic E-state index is 13.8. The number of nitrogens with one attached hydrogen (secondary N) is 3. The molecule has 4 aromatic rings. The first kappa shape index (κ1) is 31.0. The van der Waals surface area contributed by atoms with Crippen LogP contribution in [0.4, 0.5) is 29.0 Å². The predicted molar refractivity (Wildman–Crippen MR) is 156 cm³/mol. The Morgan fingerprint density at radius 2 is 1.72 bits per heavy atom. The molecule has 0 fully saturated rings. The third-order valence-corrected chi connectivity index (χ3v) is 6.77. The number of hydrogen-bond donors (Lipinski definition) is 3. The molecule has 10 nitrogen and oxygen atoms in total. The molecule has 0 bridgehead atoms. The van der Waals surface area contributed by atoms with Gasteiger partial charge in [-0.05, 0) is 46.8 Å². The van der Waals surface area contributed by atoms with E-state index in [1.54, 1.807) is 24.3 Å². The van der Waals surface area contributed by atoms with E-state index in [1.807, 2.05) is 18.2 Å². The van der Waals surface area contributed by atoms with Gasteiger partial charge in [0.15, 0.2) is 0 Å². The Morgan fingerprint density at radius 1 is 0.930 bits per heavy atom. The zero-order valence-corrected chi connectivity index (χ0v) is 23.7. The van der Waals surface area contributed by atoms with Crippen molar-refractivity contribution in [2.24, 2.45) is 0 Å². The van der Waals surface area contributed by atoms with Crippen molar-refractivity contribution in [3.63, 3.8) is 0 Å². The highest BCUT2D eigenvalue weighted by Gasteiger charge is 2.23. The van der Waals surface area contributed by atoms with Crippen LogP contribution in [0, 0.1) is 11.6 Å². The summed E-state index contributed by atoms with van der Waals surface area (Å²) in [7, 11) is 1.44. The summed E-state index contributed by atoms with van der Waals surface area (Å²) >= 11 is 5.98. The van der Waals surface area contributed by atoms with Crippen LogP contribution in [0.15, 0.2) is 79.0 Å². The van der Waals surface area contributed by atoms with Crippen molar-refractivity contribution in [3.05, 3.63) is 107 Å². The highest BCUT2D eigenvalue weighted by Crippen LogP contribution is 2.20. The number of rotatable bonds is 10. The van der Waals surface area contributed by atoms with Gasteiger partial charge in [0.05, 0.1) is 11.1 Å². The van der Waals surface area contributed by atoms with Crippen LogP contribution in [0.3, 0.4) is 0 Å². The van der Waals surface area contributed by atoms with Gasteiger partial charge in [-0.25, -0.2) is 28.1 Å². The zero-order chi connectivity index (χ0) is 30.8. The molecule has 1 atom stereocenters. The highest BCUT2D eigenvalue weighted by molar-refractivity contribution is 6.31. The van der Waals surface area contributed by atoms with Gasteiger partial charge < -0.3 is 25.0 Å². The first-order valence-electron chi connectivity index (χ1n) is 13.1. The molecule has 0 aliphatic rings. The number of carbonyl (C=O) groups is 3. The van der Waals surface area contributed by atoms with Gasteiger partial charge in [-0.1, -0.05) is 54.1 Å². The number of aromatic nitrogens is 1. The molecular weight excluding hydrogens is 584 g/mol. The summed E-state index contributed by atoms with van der Waals surface area (Å²) in [4.78, 5) is 43.2. The summed E-state index contributed by atoms with van der Waals surface area (Å²) in [5, 5.41) is 8.74. The summed E-state index contributed by atoms with van der Waals surface area (Å²) < 4.78 is 37.9. The van der Waals surface area contributed by atoms with Gasteiger partial charge in [0.2, 0.25) is 0 Å². The SMILES string of the molecule is CN(C(=O)NCc1cccc(F)c1Cl)[C@H](CNC(=O)OCc1ccccc1)COC(=O)Nc1cc2cc(F)ccc2cn1. The van der Waals surface area contributed by atoms with Crippen molar-refractivity contribution in [3.8, 4) is 0 Å². The number of anilines is 1. The first-order valence-corrected chi connectivity index (χ1v) is 13.4. The molecule has 3 N–H and O–H groups in total. The van der Waals surface area contributed by atoms with Crippen molar-refractivity contribution in [2.75, 3.05) is 25.5 Å². The fourth-order valence-corrected chi connectivity index (χ4v) is 4.11. The Hall–Kier alpha value is -4.97. The van der Waals surface area contributed by atoms with Crippen LogP contribution >= 0.6 is 11.6 Å². The minimum Gasteiger partial charge on any atom is -0.447 e. The number of pyridine rings is 1. The van der Waals surface area contributed by atoms with E-state index in [-0.39, 0.29) is 37.1 Å². The molecule has 224 valence electrons. The Kier molecular flexibility index (Phi) is 10.6. The number of halogens is 3. The Morgan fingerprint density at radius 3 is 2.51 bits per heavy atom. The monoisotopic (exact) mass is 611 g/mol. The van der Waals surface area contributed by atoms with E-state index < -0.39 is 35.9 Å². The average Bonchev–Trinajstić information content (AvgIpc) is 3.00. The molecule has 0 spiro atoms. The number of likely N-dealkylation sites (N-methyl/N-ethyl adjacent to an activating group) is 1. The van der Waals surface area contributed by atoms with E-state index in [1.165, 1.54) is 48.5 Å². The number of hydrogen-bond acceptors (Lipinski definition) is 6. The molecule has 1 heterocycles. The van der Waals surface area contributed by atoms with Crippen LogP contribution in [-0.4, -0.2) is 54.3 Å². The minimum atomic E-state index is -0.889. The molecule has 4 rings (SSSR count). The van der Waals surface area contributed by atoms with Gasteiger partial charge in [-0.2, -0.15) is 0 Å². The molecule has 0 unspecified atom stereocenters. The average molecular weight is 612 g/mol. The molecule has 4 amide bonds. The van der Waals surface area contributed by atoms with E-state index in [0.29, 0.717) is 16.3 Å². The maximum Gasteiger partial charge on any atom is 0.412 e. The lowest BCUT2D eigenvalue weighted by molar-refractivity contribution is 0.110. The molecular formula is C30H28ClF2N5O5. The molecule has 43 heavy (non-hydrogen) atoms. The number of ether oxygens (including phenoxy) is 2. The molecule has 13 heteroatoms. The van der Waals surface area contributed by atoms with Gasteiger partial charge in [-0.15, -0.1) is 0 Å². The topological polar surface area (TPSA) is 122 Å². The van der Waals surface area contributed by atoms with Crippen molar-refractivity contribution < 1.29 is 32.6 Å². The fraction of sp³-hybridized carbons (Fsp3) is 0.200. The number of benzene rings is 3. The van der Waals surface area contributed by atoms with Crippen LogP contribution in [0.5, 0.6) is 0 Å². The molecule has 3 aromatic carbocycles. The molecule has 1 aromatic heterocycles. The normalized spacial score (nSPS) is 11.3. The van der Waals surface area contributed by atoms with E-state index in [9.17, 15) is 23.2 Å². The second kappa shape index (κ2) is 14.8. The lowest BCUT2D eigenvalue weighted by atomic mass is 10.2. The molecule has 0 aliphatic heterocycles. The fourth-order valence-electron chi connectivity index (χ4n) is 3.92. The van der Waals surface area contributed by atoms with Gasteiger partial charge in [-0.3, -0.25) is 5.32 Å². The second-order valence-corrected chi connectivity index (χ2v) is 9.74. The van der Waals surface area contributed by atoms with Crippen LogP contribution < -0.4 is 16.0 Å². The highest BCUT2D eigenvalue weighted by atomic mass is 35.5. The van der Waals surface area contributed by atoms with Gasteiger partial charge in [0.1, 0.15) is 30.7 Å². The van der Waals surface area contributed by atoms with Crippen molar-refractivity contribution >= 4 is 46.4 Å². The number of amides is 4. The quantitative estimate of drug-likeness (QED) is 0.207. The smallest absolute Gasteiger partial charge is 0.412 e. The Bertz CT molecular complexity index is 1590. The maximum absolute atomic E-state index is 13.8. The molecule has 0 saturated carbocycles. The summed E-state index contributed by atoms with van der Waals surface area (Å²) in [5.74, 6) is -0.936. The van der Waals surface area contributed by atoms with E-state index in [4.69, 9.17) is 21.1 Å². The van der Waals surface area contributed by atoms with E-state index in [2.05, 4.69) is 20.9 Å². The van der Waals surface area contributed by atoms with E-state index >= 15 is 0 Å². The molecule has 0 aliphatic carbocycles. The Labute approximate surface area is 250 Å². The lowest BCUT2D eigenvalue weighted by Gasteiger charge is -2.28. The zero-order valence-electron chi connectivity index (χ0n) is 23.0. The second-order valence-electron chi connectivity index (χ2n) is 9.36. The lowest BCUT2D eigenvalue weighted by Crippen LogP contribution is -2.51. The van der Waals surface area contributed by atoms with Crippen LogP contribution in [-0.2, 0) is 22.6 Å². The summed E-state index contributed by atoms with van der Waals surface area (Å²) in [6.45, 7) is -0.519. The largest absolute Gasteiger partial charge is 0.447 e. The standard InChI is InChI=1S/C30H28ClF2N5O5/c1-38(28(39)35-15-21-8-5-9-25(33)27(21)31)24(16-36-29(40)42-17-19-6-3-2-4-7-19)18-43-30(41)37-26-13-22-12-23(32)11-10-20(22)14-34-26/h2-14,24H,15-18H2,1H3,(H,35,39)(H,36,40)(H,34,37,41)/t24-/m1/s1. The number of carbonyl (C=O) groups excluding carboxylic acids is 3. The van der Waals surface area contributed by atoms with Gasteiger partial charge in [0, 0.05) is 31.7 Å². The third-order valence-electron chi connectivity index (χ3n) is 6.35. The Balaban J connectivity index is 1.37. The van der Waals surface area contributed by atoms with Crippen molar-refractivity contribution in [1.82, 2.24) is 20.5 Å². The van der Waals surface area contributed by atoms with Gasteiger partial charge in [0.25, 0.3) is 0 Å².